The largest absolute Gasteiger partial charge is 0.487 e. The number of hydrogen-bond donors (Lipinski definition) is 12. The molecule has 0 saturated heterocycles. The topological polar surface area (TPSA) is 395 Å². The highest BCUT2D eigenvalue weighted by atomic mass is 32.2. The maximum atomic E-state index is 14.8. The number of sulfonamides is 1. The van der Waals surface area contributed by atoms with Gasteiger partial charge in [-0.3, -0.25) is 38.3 Å². The van der Waals surface area contributed by atoms with Crippen molar-refractivity contribution in [3.63, 3.8) is 0 Å². The van der Waals surface area contributed by atoms with E-state index in [1.165, 1.54) is 6.92 Å². The molecule has 1 aromatic carbocycles. The lowest BCUT2D eigenvalue weighted by molar-refractivity contribution is -0.149. The van der Waals surface area contributed by atoms with E-state index < -0.39 is 165 Å². The van der Waals surface area contributed by atoms with E-state index in [1.54, 1.807) is 118 Å². The van der Waals surface area contributed by atoms with Gasteiger partial charge in [0.15, 0.2) is 6.04 Å². The van der Waals surface area contributed by atoms with E-state index in [1.807, 2.05) is 20.8 Å². The van der Waals surface area contributed by atoms with Crippen LogP contribution in [0.4, 0.5) is 4.79 Å². The first-order chi connectivity index (χ1) is 43.1. The second-order valence-corrected chi connectivity index (χ2v) is 29.8. The number of benzene rings is 1. The highest BCUT2D eigenvalue weighted by molar-refractivity contribution is 7.89. The Bertz CT molecular complexity index is 2930. The van der Waals surface area contributed by atoms with Crippen LogP contribution in [-0.2, 0) is 73.7 Å². The molecule has 94 heavy (non-hydrogen) atoms. The smallest absolute Gasteiger partial charge is 0.408 e. The Morgan fingerprint density at radius 2 is 1.11 bits per heavy atom. The van der Waals surface area contributed by atoms with Crippen LogP contribution in [0.3, 0.4) is 0 Å². The second-order valence-electron chi connectivity index (χ2n) is 28.2. The van der Waals surface area contributed by atoms with Gasteiger partial charge in [-0.1, -0.05) is 61.0 Å². The van der Waals surface area contributed by atoms with Crippen molar-refractivity contribution in [2.45, 2.75) is 266 Å². The molecule has 0 bridgehead atoms. The van der Waals surface area contributed by atoms with Crippen molar-refractivity contribution in [1.29, 1.82) is 0 Å². The maximum Gasteiger partial charge on any atom is 0.408 e. The lowest BCUT2D eigenvalue weighted by Gasteiger charge is -2.35. The van der Waals surface area contributed by atoms with Crippen molar-refractivity contribution in [2.24, 2.45) is 17.8 Å². The third-order valence-corrected chi connectivity index (χ3v) is 17.4. The van der Waals surface area contributed by atoms with E-state index in [9.17, 15) is 61.8 Å². The standard InChI is InChI=1S/C65H112N10O18S/c1-24-35(5)47(72-59(84)50(51(78)34(3)4)74-61(86)93-64(18,19)20)57(82)69-43(27-26-30-66-41(11)75-94(87,88)53-38(8)37(7)52-42(39(53)9)28-29-65(21,22)92-52)54(79)71-48(36(6)25-2)58(83)73-49(40(10)76)56(81)67-31-46(77)68-44(32-90-62(12,13)14)55(80)70-45(60(85)89-23)33-91-63(15,16)17/h34-36,40,43-45,47-51,66,75-76,78H,11,24-33H2,1-10,12-23H3,(H,67,81)(H,68,77)(H,69,82)(H,70,80)(H,71,79)(H,72,84)(H,73,83)(H,74,86)/t35-,36-,40-,43+,44-,45-,47-,48-,49-,50-,51+/m0/s1. The van der Waals surface area contributed by atoms with Crippen molar-refractivity contribution in [3.8, 4) is 5.75 Å². The van der Waals surface area contributed by atoms with Gasteiger partial charge in [0.25, 0.3) is 10.0 Å². The zero-order chi connectivity index (χ0) is 72.3. The molecule has 1 aliphatic heterocycles. The van der Waals surface area contributed by atoms with Crippen LogP contribution in [0.15, 0.2) is 17.3 Å². The summed E-state index contributed by atoms with van der Waals surface area (Å²) in [6.07, 6.45) is -2.37. The zero-order valence-corrected chi connectivity index (χ0v) is 60.4. The summed E-state index contributed by atoms with van der Waals surface area (Å²) in [4.78, 5) is 125. The van der Waals surface area contributed by atoms with Gasteiger partial charge in [0.05, 0.1) is 55.2 Å². The minimum atomic E-state index is -4.23. The van der Waals surface area contributed by atoms with Crippen LogP contribution in [0.1, 0.15) is 179 Å². The van der Waals surface area contributed by atoms with Crippen LogP contribution in [0, 0.1) is 38.5 Å². The van der Waals surface area contributed by atoms with Crippen molar-refractivity contribution in [3.05, 3.63) is 34.7 Å². The van der Waals surface area contributed by atoms with E-state index >= 15 is 0 Å². The van der Waals surface area contributed by atoms with Crippen LogP contribution >= 0.6 is 0 Å². The summed E-state index contributed by atoms with van der Waals surface area (Å²) < 4.78 is 58.8. The highest BCUT2D eigenvalue weighted by Gasteiger charge is 2.40. The van der Waals surface area contributed by atoms with Gasteiger partial charge in [-0.25, -0.2) is 18.0 Å². The molecule has 12 N–H and O–H groups in total. The molecule has 11 atom stereocenters. The predicted molar refractivity (Wildman–Crippen MR) is 353 cm³/mol. The molecule has 0 spiro atoms. The number of carbonyl (C=O) groups excluding carboxylic acids is 9. The number of aliphatic hydroxyl groups is 2. The summed E-state index contributed by atoms with van der Waals surface area (Å²) in [6, 6.07) is -10.4. The molecule has 1 aliphatic rings. The monoisotopic (exact) mass is 1350 g/mol. The Labute approximate surface area is 556 Å². The Morgan fingerprint density at radius 3 is 1.61 bits per heavy atom. The number of rotatable bonds is 35. The SMILES string of the molecule is C=C(NCCC[C@@H](NC(=O)[C@@H](NC(=O)[C@@H](NC(=O)OC(C)(C)C)[C@H](O)C(C)C)[C@@H](C)CC)C(=O)N[C@H](C(=O)N[C@H](C(=O)NCC(=O)N[C@@H](COC(C)(C)C)C(=O)N[C@@H](COC(C)(C)C)C(=O)OC)[C@H](C)O)[C@@H](C)CC)NS(=O)(=O)c1c(C)c(C)c2c(c1C)CCC(C)(C)O2. The van der Waals surface area contributed by atoms with Crippen molar-refractivity contribution in [1.82, 2.24) is 52.6 Å². The number of esters is 1. The number of amides is 8. The molecule has 2 rings (SSSR count). The number of methoxy groups -OCH3 is 1. The molecule has 0 radical (unpaired) electrons. The third-order valence-electron chi connectivity index (χ3n) is 15.7. The van der Waals surface area contributed by atoms with Gasteiger partial charge in [0.1, 0.15) is 59.0 Å². The number of aliphatic hydroxyl groups excluding tert-OH is 2. The van der Waals surface area contributed by atoms with Gasteiger partial charge in [0, 0.05) is 6.54 Å². The van der Waals surface area contributed by atoms with E-state index in [2.05, 4.69) is 59.2 Å². The predicted octanol–water partition coefficient (Wildman–Crippen LogP) is 3.05. The molecular formula is C65H112N10O18S. The van der Waals surface area contributed by atoms with Gasteiger partial charge in [-0.15, -0.1) is 0 Å². The summed E-state index contributed by atoms with van der Waals surface area (Å²) >= 11 is 0. The van der Waals surface area contributed by atoms with Gasteiger partial charge >= 0.3 is 12.1 Å². The number of hydrogen-bond acceptors (Lipinski definition) is 19. The Morgan fingerprint density at radius 1 is 0.617 bits per heavy atom. The summed E-state index contributed by atoms with van der Waals surface area (Å²) in [5, 5.41) is 45.4. The molecule has 1 aromatic rings. The molecule has 1 heterocycles. The highest BCUT2D eigenvalue weighted by Crippen LogP contribution is 2.42. The average molecular weight is 1350 g/mol. The van der Waals surface area contributed by atoms with Crippen molar-refractivity contribution >= 4 is 63.4 Å². The Hall–Kier alpha value is -6.82. The minimum absolute atomic E-state index is 0.0261. The average Bonchev–Trinajstić information content (AvgIpc) is 0.747. The molecule has 8 amide bonds. The minimum Gasteiger partial charge on any atom is -0.487 e. The fraction of sp³-hybridized carbons (Fsp3) is 0.738. The van der Waals surface area contributed by atoms with E-state index in [-0.39, 0.29) is 49.7 Å². The second kappa shape index (κ2) is 35.8. The molecule has 0 fully saturated rings. The van der Waals surface area contributed by atoms with Crippen LogP contribution in [0.5, 0.6) is 5.75 Å². The normalized spacial score (nSPS) is 16.7. The summed E-state index contributed by atoms with van der Waals surface area (Å²) in [5.74, 6) is -8.62. The Balaban J connectivity index is 2.53. The van der Waals surface area contributed by atoms with Crippen LogP contribution in [0.25, 0.3) is 0 Å². The van der Waals surface area contributed by atoms with Crippen LogP contribution in [0.2, 0.25) is 0 Å². The summed E-state index contributed by atoms with van der Waals surface area (Å²) in [5.41, 5.74) is -0.385. The van der Waals surface area contributed by atoms with Crippen molar-refractivity contribution in [2.75, 3.05) is 33.4 Å². The first-order valence-electron chi connectivity index (χ1n) is 32.2. The number of fused-ring (bicyclic) bond motifs is 1. The van der Waals surface area contributed by atoms with Gasteiger partial charge in [-0.2, -0.15) is 0 Å². The van der Waals surface area contributed by atoms with Gasteiger partial charge in [0.2, 0.25) is 41.4 Å². The van der Waals surface area contributed by atoms with E-state index in [4.69, 9.17) is 23.7 Å². The zero-order valence-electron chi connectivity index (χ0n) is 59.5. The first kappa shape index (κ1) is 83.3. The number of nitrogens with one attached hydrogen (secondary N) is 10. The van der Waals surface area contributed by atoms with Gasteiger partial charge < -0.3 is 81.7 Å². The lowest BCUT2D eigenvalue weighted by Crippen LogP contribution is -2.63. The summed E-state index contributed by atoms with van der Waals surface area (Å²) in [6.45, 7) is 38.1. The third kappa shape index (κ3) is 26.8. The number of alkyl carbamates (subject to hydrolysis) is 1. The maximum absolute atomic E-state index is 14.8. The van der Waals surface area contributed by atoms with Gasteiger partial charge in [-0.05, 0) is 170 Å². The summed E-state index contributed by atoms with van der Waals surface area (Å²) in [7, 11) is -3.10. The fourth-order valence-corrected chi connectivity index (χ4v) is 11.3. The molecule has 28 nitrogen and oxygen atoms in total. The quantitative estimate of drug-likeness (QED) is 0.0343. The molecule has 0 aliphatic carbocycles. The molecule has 536 valence electrons. The molecule has 29 heteroatoms. The first-order valence-corrected chi connectivity index (χ1v) is 33.7. The molecule has 0 unspecified atom stereocenters. The molecular weight excluding hydrogens is 1240 g/mol. The molecule has 0 saturated carbocycles. The molecule has 0 aromatic heterocycles. The van der Waals surface area contributed by atoms with E-state index in [0.717, 1.165) is 12.7 Å². The van der Waals surface area contributed by atoms with E-state index in [0.29, 0.717) is 41.7 Å². The Kier molecular flexibility index (Phi) is 31.7. The fourth-order valence-electron chi connectivity index (χ4n) is 9.71. The lowest BCUT2D eigenvalue weighted by atomic mass is 9.88. The van der Waals surface area contributed by atoms with Crippen LogP contribution < -0.4 is 57.3 Å². The number of ether oxygens (including phenoxy) is 5. The van der Waals surface area contributed by atoms with Crippen LogP contribution in [-0.4, -0.2) is 182 Å². The van der Waals surface area contributed by atoms with Crippen molar-refractivity contribution < 1.29 is 85.5 Å². The number of carbonyl (C=O) groups is 9.